The van der Waals surface area contributed by atoms with Gasteiger partial charge in [0.2, 0.25) is 5.91 Å². The summed E-state index contributed by atoms with van der Waals surface area (Å²) in [6, 6.07) is -0.973. The molecule has 0 radical (unpaired) electrons. The van der Waals surface area contributed by atoms with Gasteiger partial charge in [-0.2, -0.15) is 0 Å². The van der Waals surface area contributed by atoms with Gasteiger partial charge in [-0.05, 0) is 64.2 Å². The lowest BCUT2D eigenvalue weighted by molar-refractivity contribution is -0.379. The van der Waals surface area contributed by atoms with Crippen LogP contribution in [0.3, 0.4) is 0 Å². The molecule has 3 saturated heterocycles. The van der Waals surface area contributed by atoms with Gasteiger partial charge in [-0.15, -0.1) is 0 Å². The molecular weight excluding hydrogens is 1290 g/mol. The minimum absolute atomic E-state index is 0.246. The second-order valence-electron chi connectivity index (χ2n) is 28.9. The molecule has 3 rings (SSSR count). The predicted octanol–water partition coefficient (Wildman–Crippen LogP) is 13.6. The zero-order chi connectivity index (χ0) is 73.2. The van der Waals surface area contributed by atoms with Crippen LogP contribution in [-0.4, -0.2) is 193 Å². The van der Waals surface area contributed by atoms with Crippen LogP contribution in [0.15, 0.2) is 72.9 Å². The van der Waals surface area contributed by atoms with Gasteiger partial charge in [-0.25, -0.2) is 0 Å². The van der Waals surface area contributed by atoms with Crippen LogP contribution in [0.1, 0.15) is 309 Å². The van der Waals surface area contributed by atoms with E-state index in [1.165, 1.54) is 205 Å². The van der Waals surface area contributed by atoms with E-state index in [1.54, 1.807) is 6.08 Å². The van der Waals surface area contributed by atoms with Crippen LogP contribution in [0.2, 0.25) is 0 Å². The third-order valence-corrected chi connectivity index (χ3v) is 20.0. The molecule has 0 aromatic carbocycles. The summed E-state index contributed by atoms with van der Waals surface area (Å²) in [6.07, 6.45) is 54.9. The average Bonchev–Trinajstić information content (AvgIpc) is 0.782. The highest BCUT2D eigenvalue weighted by molar-refractivity contribution is 5.76. The van der Waals surface area contributed by atoms with Gasteiger partial charge in [0, 0.05) is 6.42 Å². The third kappa shape index (κ3) is 42.4. The molecule has 0 spiro atoms. The highest BCUT2D eigenvalue weighted by atomic mass is 16.8. The summed E-state index contributed by atoms with van der Waals surface area (Å²) in [5.74, 6) is -0.271. The average molecular weight is 1440 g/mol. The standard InChI is InChI=1S/C82H147NO18/c1-3-5-7-9-11-13-15-17-19-20-21-22-23-24-25-26-27-28-29-30-31-32-33-34-35-36-37-38-39-40-41-42-43-44-46-48-50-52-54-56-58-60-70(88)83-65(66(87)59-57-55-53-51-49-47-45-18-16-14-12-10-8-6-4-2)64-96-80-76(94)73(91)78(68(62-85)98-80)101-82-77(95)74(92)79(69(63-86)99-82)100-81-75(93)72(90)71(89)67(61-84)97-81/h5,7,11,13,17,19,21-22,24-25,57,59,65-69,71-82,84-87,89-95H,3-4,6,8-10,12,14-16,18,20,23,26-56,58,60-64H2,1-2H3,(H,83,88)/b7-5-,13-11-,19-17-,22-21-,25-24-,59-57+. The molecule has 0 bridgehead atoms. The van der Waals surface area contributed by atoms with Crippen LogP contribution in [0.5, 0.6) is 0 Å². The van der Waals surface area contributed by atoms with E-state index in [0.717, 1.165) is 77.0 Å². The lowest BCUT2D eigenvalue weighted by atomic mass is 9.96. The molecule has 3 heterocycles. The summed E-state index contributed by atoms with van der Waals surface area (Å²) in [4.78, 5) is 13.4. The van der Waals surface area contributed by atoms with Gasteiger partial charge in [-0.1, -0.05) is 311 Å². The highest BCUT2D eigenvalue weighted by Crippen LogP contribution is 2.33. The second-order valence-corrected chi connectivity index (χ2v) is 28.9. The first-order valence-electron chi connectivity index (χ1n) is 40.7. The van der Waals surface area contributed by atoms with Gasteiger partial charge in [0.25, 0.3) is 0 Å². The van der Waals surface area contributed by atoms with Crippen molar-refractivity contribution in [1.82, 2.24) is 5.32 Å². The van der Waals surface area contributed by atoms with Gasteiger partial charge in [0.05, 0.1) is 38.6 Å². The van der Waals surface area contributed by atoms with Crippen molar-refractivity contribution in [2.75, 3.05) is 26.4 Å². The lowest BCUT2D eigenvalue weighted by Gasteiger charge is -2.48. The van der Waals surface area contributed by atoms with E-state index in [-0.39, 0.29) is 18.9 Å². The number of carbonyl (C=O) groups is 1. The maximum Gasteiger partial charge on any atom is 0.220 e. The Labute approximate surface area is 610 Å². The molecule has 17 unspecified atom stereocenters. The first-order chi connectivity index (χ1) is 49.3. The number of ether oxygens (including phenoxy) is 6. The van der Waals surface area contributed by atoms with Gasteiger partial charge in [-0.3, -0.25) is 4.79 Å². The molecule has 588 valence electrons. The molecule has 19 heteroatoms. The van der Waals surface area contributed by atoms with E-state index in [4.69, 9.17) is 28.4 Å². The number of allylic oxidation sites excluding steroid dienone is 11. The molecule has 101 heavy (non-hydrogen) atoms. The maximum absolute atomic E-state index is 13.4. The molecule has 1 amide bonds. The van der Waals surface area contributed by atoms with Gasteiger partial charge in [0.1, 0.15) is 73.2 Å². The fourth-order valence-electron chi connectivity index (χ4n) is 13.5. The van der Waals surface area contributed by atoms with E-state index in [9.17, 15) is 61.0 Å². The molecule has 0 aliphatic carbocycles. The Morgan fingerprint density at radius 3 is 1.07 bits per heavy atom. The number of amides is 1. The normalized spacial score (nSPS) is 26.7. The van der Waals surface area contributed by atoms with Crippen molar-refractivity contribution >= 4 is 5.91 Å². The van der Waals surface area contributed by atoms with Gasteiger partial charge in [0.15, 0.2) is 18.9 Å². The third-order valence-electron chi connectivity index (χ3n) is 20.0. The van der Waals surface area contributed by atoms with E-state index in [2.05, 4.69) is 79.9 Å². The largest absolute Gasteiger partial charge is 0.394 e. The number of hydrogen-bond acceptors (Lipinski definition) is 18. The van der Waals surface area contributed by atoms with E-state index in [0.29, 0.717) is 6.42 Å². The van der Waals surface area contributed by atoms with Crippen molar-refractivity contribution in [3.05, 3.63) is 72.9 Å². The first kappa shape index (κ1) is 92.4. The van der Waals surface area contributed by atoms with Crippen LogP contribution in [0, 0.1) is 0 Å². The summed E-state index contributed by atoms with van der Waals surface area (Å²) in [5.41, 5.74) is 0. The number of unbranched alkanes of at least 4 members (excludes halogenated alkanes) is 38. The smallest absolute Gasteiger partial charge is 0.220 e. The summed E-state index contributed by atoms with van der Waals surface area (Å²) in [7, 11) is 0. The van der Waals surface area contributed by atoms with Crippen molar-refractivity contribution in [3.8, 4) is 0 Å². The fourth-order valence-corrected chi connectivity index (χ4v) is 13.5. The summed E-state index contributed by atoms with van der Waals surface area (Å²) < 4.78 is 34.4. The van der Waals surface area contributed by atoms with E-state index in [1.807, 2.05) is 6.08 Å². The van der Waals surface area contributed by atoms with Gasteiger partial charge < -0.3 is 89.9 Å². The van der Waals surface area contributed by atoms with Crippen molar-refractivity contribution in [2.45, 2.75) is 413 Å². The molecule has 3 fully saturated rings. The molecule has 12 N–H and O–H groups in total. The molecule has 19 nitrogen and oxygen atoms in total. The first-order valence-corrected chi connectivity index (χ1v) is 40.7. The van der Waals surface area contributed by atoms with Crippen molar-refractivity contribution < 1.29 is 89.4 Å². The van der Waals surface area contributed by atoms with Crippen molar-refractivity contribution in [3.63, 3.8) is 0 Å². The monoisotopic (exact) mass is 1430 g/mol. The molecule has 17 atom stereocenters. The summed E-state index contributed by atoms with van der Waals surface area (Å²) in [6.45, 7) is 1.64. The number of aliphatic hydroxyl groups excluding tert-OH is 11. The van der Waals surface area contributed by atoms with Crippen molar-refractivity contribution in [1.29, 1.82) is 0 Å². The van der Waals surface area contributed by atoms with Crippen molar-refractivity contribution in [2.24, 2.45) is 0 Å². The van der Waals surface area contributed by atoms with Gasteiger partial charge >= 0.3 is 0 Å². The number of aliphatic hydroxyl groups is 11. The molecule has 0 aromatic heterocycles. The Kier molecular flexibility index (Phi) is 57.0. The van der Waals surface area contributed by atoms with Crippen LogP contribution in [0.25, 0.3) is 0 Å². The predicted molar refractivity (Wildman–Crippen MR) is 401 cm³/mol. The Bertz CT molecular complexity index is 2110. The van der Waals surface area contributed by atoms with Crippen LogP contribution in [-0.2, 0) is 33.2 Å². The number of nitrogens with one attached hydrogen (secondary N) is 1. The Morgan fingerprint density at radius 2 is 0.683 bits per heavy atom. The zero-order valence-electron chi connectivity index (χ0n) is 62.9. The molecular formula is C82H147NO18. The number of hydrogen-bond donors (Lipinski definition) is 12. The SMILES string of the molecule is CC/C=C\C/C=C\C/C=C\C/C=C\C/C=C\CCCCCCCCCCCCCCCCCCCCCCCCCCCC(=O)NC(COC1OC(CO)C(OC2OC(CO)C(OC3OC(CO)C(O)C(O)C3O)C(O)C2O)C(O)C1O)C(O)/C=C/CCCCCCCCCCCCCCC. The molecule has 3 aliphatic heterocycles. The number of carbonyl (C=O) groups excluding carboxylic acids is 1. The highest BCUT2D eigenvalue weighted by Gasteiger charge is 2.54. The summed E-state index contributed by atoms with van der Waals surface area (Å²) >= 11 is 0. The minimum Gasteiger partial charge on any atom is -0.394 e. The minimum atomic E-state index is -1.98. The zero-order valence-corrected chi connectivity index (χ0v) is 62.9. The number of rotatable bonds is 64. The Hall–Kier alpha value is -2.77. The maximum atomic E-state index is 13.4. The molecule has 0 saturated carbocycles. The van der Waals surface area contributed by atoms with Crippen LogP contribution < -0.4 is 5.32 Å². The Balaban J connectivity index is 1.28. The van der Waals surface area contributed by atoms with E-state index >= 15 is 0 Å². The summed E-state index contributed by atoms with van der Waals surface area (Å²) in [5, 5.41) is 121. The van der Waals surface area contributed by atoms with Crippen LogP contribution in [0.4, 0.5) is 0 Å². The molecule has 3 aliphatic rings. The van der Waals surface area contributed by atoms with Crippen LogP contribution >= 0.6 is 0 Å². The Morgan fingerprint density at radius 1 is 0.366 bits per heavy atom. The topological polar surface area (TPSA) is 307 Å². The second kappa shape index (κ2) is 62.3. The fraction of sp³-hybridized carbons (Fsp3) is 0.841. The van der Waals surface area contributed by atoms with E-state index < -0.39 is 124 Å². The quantitative estimate of drug-likeness (QED) is 0.0199. The molecule has 0 aromatic rings. The lowest BCUT2D eigenvalue weighted by Crippen LogP contribution is -2.66.